The van der Waals surface area contributed by atoms with Gasteiger partial charge in [0.2, 0.25) is 0 Å². The molecule has 0 radical (unpaired) electrons. The number of hydrogen-bond acceptors (Lipinski definition) is 7. The van der Waals surface area contributed by atoms with E-state index in [-0.39, 0.29) is 23.0 Å². The second-order valence-electron chi connectivity index (χ2n) is 6.47. The average molecular weight is 447 g/mol. The zero-order chi connectivity index (χ0) is 22.3. The number of benzene rings is 1. The molecule has 0 aliphatic carbocycles. The summed E-state index contributed by atoms with van der Waals surface area (Å²) < 4.78 is 62.1. The lowest BCUT2D eigenvalue weighted by Crippen LogP contribution is -2.43. The largest absolute Gasteiger partial charge is 0.493 e. The van der Waals surface area contributed by atoms with Crippen molar-refractivity contribution in [2.45, 2.75) is 26.0 Å². The Kier molecular flexibility index (Phi) is 8.16. The molecular formula is C19H23F2NO7S. The lowest BCUT2D eigenvalue weighted by atomic mass is 10.2. The molecule has 1 saturated heterocycles. The number of ether oxygens (including phenoxy) is 3. The number of likely N-dealkylation sites (N-methyl/N-ethyl adjacent to an activating group) is 1. The van der Waals surface area contributed by atoms with Crippen molar-refractivity contribution >= 4 is 27.8 Å². The molecule has 166 valence electrons. The third-order valence-electron chi connectivity index (χ3n) is 4.46. The molecule has 0 aromatic heterocycles. The Morgan fingerprint density at radius 2 is 2.03 bits per heavy atom. The molecule has 0 unspecified atom stereocenters. The van der Waals surface area contributed by atoms with Crippen LogP contribution < -0.4 is 9.47 Å². The highest BCUT2D eigenvalue weighted by Crippen LogP contribution is 2.29. The number of methoxy groups -OCH3 is 1. The molecule has 1 aromatic rings. The Morgan fingerprint density at radius 3 is 2.60 bits per heavy atom. The van der Waals surface area contributed by atoms with E-state index in [9.17, 15) is 26.8 Å². The van der Waals surface area contributed by atoms with Gasteiger partial charge in [-0.3, -0.25) is 4.79 Å². The molecule has 1 fully saturated rings. The number of hydrogen-bond donors (Lipinski definition) is 0. The summed E-state index contributed by atoms with van der Waals surface area (Å²) in [5, 5.41) is 0. The molecule has 2 rings (SSSR count). The number of esters is 1. The number of amides is 1. The van der Waals surface area contributed by atoms with Gasteiger partial charge in [0.1, 0.15) is 0 Å². The maximum atomic E-state index is 12.3. The van der Waals surface area contributed by atoms with Crippen molar-refractivity contribution in [2.24, 2.45) is 0 Å². The van der Waals surface area contributed by atoms with Gasteiger partial charge in [0.15, 0.2) is 27.9 Å². The lowest BCUT2D eigenvalue weighted by Gasteiger charge is -2.26. The summed E-state index contributed by atoms with van der Waals surface area (Å²) in [6, 6.07) is 3.69. The number of carbonyl (C=O) groups is 2. The van der Waals surface area contributed by atoms with Gasteiger partial charge >= 0.3 is 12.6 Å². The summed E-state index contributed by atoms with van der Waals surface area (Å²) in [4.78, 5) is 25.6. The van der Waals surface area contributed by atoms with Crippen LogP contribution in [0.25, 0.3) is 6.08 Å². The Balaban J connectivity index is 1.92. The van der Waals surface area contributed by atoms with Crippen molar-refractivity contribution < 1.29 is 41.0 Å². The summed E-state index contributed by atoms with van der Waals surface area (Å²) in [5.41, 5.74) is 0.461. The molecule has 1 aromatic carbocycles. The molecule has 0 saturated carbocycles. The molecule has 11 heteroatoms. The number of alkyl halides is 2. The fourth-order valence-electron chi connectivity index (χ4n) is 3.07. The van der Waals surface area contributed by atoms with E-state index >= 15 is 0 Å². The highest BCUT2D eigenvalue weighted by atomic mass is 32.2. The van der Waals surface area contributed by atoms with Crippen molar-refractivity contribution in [2.75, 3.05) is 31.8 Å². The highest BCUT2D eigenvalue weighted by Gasteiger charge is 2.34. The topological polar surface area (TPSA) is 99.2 Å². The Bertz CT molecular complexity index is 902. The smallest absolute Gasteiger partial charge is 0.387 e. The van der Waals surface area contributed by atoms with Gasteiger partial charge in [0, 0.05) is 18.7 Å². The molecule has 1 aliphatic heterocycles. The van der Waals surface area contributed by atoms with E-state index < -0.39 is 41.0 Å². The van der Waals surface area contributed by atoms with Gasteiger partial charge in [-0.2, -0.15) is 8.78 Å². The van der Waals surface area contributed by atoms with Crippen LogP contribution in [-0.4, -0.2) is 69.6 Å². The average Bonchev–Trinajstić information content (AvgIpc) is 3.05. The van der Waals surface area contributed by atoms with Crippen LogP contribution in [0, 0.1) is 0 Å². The van der Waals surface area contributed by atoms with Crippen LogP contribution in [0.4, 0.5) is 8.78 Å². The quantitative estimate of drug-likeness (QED) is 0.421. The van der Waals surface area contributed by atoms with Crippen LogP contribution in [0.3, 0.4) is 0 Å². The number of sulfone groups is 1. The van der Waals surface area contributed by atoms with E-state index in [1.807, 2.05) is 0 Å². The van der Waals surface area contributed by atoms with Crippen LogP contribution in [0.5, 0.6) is 11.5 Å². The van der Waals surface area contributed by atoms with Crippen molar-refractivity contribution in [3.05, 3.63) is 29.8 Å². The molecule has 8 nitrogen and oxygen atoms in total. The van der Waals surface area contributed by atoms with E-state index in [0.29, 0.717) is 18.5 Å². The van der Waals surface area contributed by atoms with Gasteiger partial charge in [-0.25, -0.2) is 13.2 Å². The normalized spacial score (nSPS) is 17.8. The van der Waals surface area contributed by atoms with Crippen molar-refractivity contribution in [1.29, 1.82) is 0 Å². The zero-order valence-electron chi connectivity index (χ0n) is 16.5. The molecule has 1 amide bonds. The van der Waals surface area contributed by atoms with E-state index in [0.717, 1.165) is 6.08 Å². The molecule has 1 heterocycles. The van der Waals surface area contributed by atoms with Gasteiger partial charge in [-0.1, -0.05) is 6.07 Å². The van der Waals surface area contributed by atoms with Crippen molar-refractivity contribution in [3.63, 3.8) is 0 Å². The maximum Gasteiger partial charge on any atom is 0.387 e. The monoisotopic (exact) mass is 447 g/mol. The minimum Gasteiger partial charge on any atom is -0.493 e. The summed E-state index contributed by atoms with van der Waals surface area (Å²) >= 11 is 0. The summed E-state index contributed by atoms with van der Waals surface area (Å²) in [6.45, 7) is -1.49. The molecule has 1 aliphatic rings. The predicted octanol–water partition coefficient (Wildman–Crippen LogP) is 1.89. The molecular weight excluding hydrogens is 424 g/mol. The molecule has 30 heavy (non-hydrogen) atoms. The SMILES string of the molecule is CCN(C(=O)COC(=O)/C=C/c1ccc(OC(F)F)c(OC)c1)[C@H]1CCS(=O)(=O)C1. The lowest BCUT2D eigenvalue weighted by molar-refractivity contribution is -0.149. The molecule has 0 bridgehead atoms. The molecule has 1 atom stereocenters. The molecule has 0 spiro atoms. The van der Waals surface area contributed by atoms with Crippen molar-refractivity contribution in [1.82, 2.24) is 4.90 Å². The predicted molar refractivity (Wildman–Crippen MR) is 104 cm³/mol. The second-order valence-corrected chi connectivity index (χ2v) is 8.70. The standard InChI is InChI=1S/C19H23F2NO7S/c1-3-22(14-8-9-30(25,26)12-14)17(23)11-28-18(24)7-5-13-4-6-15(29-19(20)21)16(10-13)27-2/h4-7,10,14,19H,3,8-9,11-12H2,1-2H3/b7-5+/t14-/m0/s1. The van der Waals surface area contributed by atoms with Crippen LogP contribution >= 0.6 is 0 Å². The number of carbonyl (C=O) groups excluding carboxylic acids is 2. The highest BCUT2D eigenvalue weighted by molar-refractivity contribution is 7.91. The van der Waals surface area contributed by atoms with Crippen LogP contribution in [0.15, 0.2) is 24.3 Å². The third kappa shape index (κ3) is 6.68. The van der Waals surface area contributed by atoms with Crippen LogP contribution in [-0.2, 0) is 24.2 Å². The van der Waals surface area contributed by atoms with Crippen LogP contribution in [0.1, 0.15) is 18.9 Å². The first-order valence-corrected chi connectivity index (χ1v) is 10.9. The van der Waals surface area contributed by atoms with E-state index in [4.69, 9.17) is 9.47 Å². The first-order chi connectivity index (χ1) is 14.1. The van der Waals surface area contributed by atoms with E-state index in [1.54, 1.807) is 6.92 Å². The summed E-state index contributed by atoms with van der Waals surface area (Å²) in [7, 11) is -1.86. The second kappa shape index (κ2) is 10.4. The first-order valence-electron chi connectivity index (χ1n) is 9.12. The van der Waals surface area contributed by atoms with Crippen molar-refractivity contribution in [3.8, 4) is 11.5 Å². The number of nitrogens with zero attached hydrogens (tertiary/aromatic N) is 1. The Hall–Kier alpha value is -2.69. The Labute approximate surface area is 173 Å². The van der Waals surface area contributed by atoms with E-state index in [2.05, 4.69) is 4.74 Å². The van der Waals surface area contributed by atoms with Gasteiger partial charge < -0.3 is 19.1 Å². The van der Waals surface area contributed by atoms with Crippen LogP contribution in [0.2, 0.25) is 0 Å². The van der Waals surface area contributed by atoms with Gasteiger partial charge in [-0.15, -0.1) is 0 Å². The fraction of sp³-hybridized carbons (Fsp3) is 0.474. The summed E-state index contributed by atoms with van der Waals surface area (Å²) in [6.07, 6.45) is 2.80. The van der Waals surface area contributed by atoms with Gasteiger partial charge in [-0.05, 0) is 37.1 Å². The van der Waals surface area contributed by atoms with E-state index in [1.165, 1.54) is 36.3 Å². The Morgan fingerprint density at radius 1 is 1.30 bits per heavy atom. The number of halogens is 2. The molecule has 0 N–H and O–H groups in total. The number of rotatable bonds is 9. The third-order valence-corrected chi connectivity index (χ3v) is 6.21. The summed E-state index contributed by atoms with van der Waals surface area (Å²) in [5.74, 6) is -1.40. The zero-order valence-corrected chi connectivity index (χ0v) is 17.4. The van der Waals surface area contributed by atoms with Gasteiger partial charge in [0.05, 0.1) is 18.6 Å². The first kappa shape index (κ1) is 23.6. The van der Waals surface area contributed by atoms with Gasteiger partial charge in [0.25, 0.3) is 5.91 Å². The minimum absolute atomic E-state index is 0.0363. The minimum atomic E-state index is -3.14. The fourth-order valence-corrected chi connectivity index (χ4v) is 4.80. The maximum absolute atomic E-state index is 12.3.